The lowest BCUT2D eigenvalue weighted by Gasteiger charge is -2.39. The Morgan fingerprint density at radius 1 is 1.19 bits per heavy atom. The number of unbranched alkanes of at least 4 members (excludes halogenated alkanes) is 2. The van der Waals surface area contributed by atoms with Gasteiger partial charge in [-0.1, -0.05) is 24.1 Å². The number of hydrogen-bond donors (Lipinski definition) is 0. The quantitative estimate of drug-likeness (QED) is 0.691. The molecular weight excluding hydrogens is 266 g/mol. The van der Waals surface area contributed by atoms with Crippen molar-refractivity contribution in [2.45, 2.75) is 38.7 Å². The Hall–Kier alpha value is -1.55. The summed E-state index contributed by atoms with van der Waals surface area (Å²) in [5.74, 6) is 1.13. The molecule has 1 aromatic carbocycles. The third-order valence-electron chi connectivity index (χ3n) is 3.76. The highest BCUT2D eigenvalue weighted by atomic mass is 16.5. The number of methoxy groups -OCH3 is 1. The van der Waals surface area contributed by atoms with Crippen LogP contribution < -0.4 is 4.74 Å². The number of hydrogen-bond acceptors (Lipinski definition) is 3. The number of rotatable bonds is 8. The summed E-state index contributed by atoms with van der Waals surface area (Å²) in [7, 11) is 1.71. The number of benzene rings is 1. The molecule has 21 heavy (non-hydrogen) atoms. The van der Waals surface area contributed by atoms with E-state index >= 15 is 0 Å². The smallest absolute Gasteiger partial charge is 0.222 e. The molecule has 1 heterocycles. The van der Waals surface area contributed by atoms with Crippen LogP contribution in [0.1, 0.15) is 31.2 Å². The van der Waals surface area contributed by atoms with E-state index in [-0.39, 0.29) is 12.0 Å². The summed E-state index contributed by atoms with van der Waals surface area (Å²) >= 11 is 0. The second-order valence-electron chi connectivity index (χ2n) is 5.66. The topological polar surface area (TPSA) is 38.8 Å². The van der Waals surface area contributed by atoms with E-state index in [0.717, 1.165) is 31.6 Å². The molecule has 0 aromatic heterocycles. The first-order chi connectivity index (χ1) is 10.2. The summed E-state index contributed by atoms with van der Waals surface area (Å²) in [4.78, 5) is 13.8. The van der Waals surface area contributed by atoms with Gasteiger partial charge in [0, 0.05) is 20.1 Å². The molecule has 0 atom stereocenters. The van der Waals surface area contributed by atoms with Gasteiger partial charge >= 0.3 is 0 Å². The summed E-state index contributed by atoms with van der Waals surface area (Å²) < 4.78 is 10.8. The van der Waals surface area contributed by atoms with Crippen molar-refractivity contribution in [1.29, 1.82) is 0 Å². The van der Waals surface area contributed by atoms with Crippen molar-refractivity contribution >= 4 is 5.91 Å². The van der Waals surface area contributed by atoms with Crippen LogP contribution in [0.5, 0.6) is 5.75 Å². The number of carbonyl (C=O) groups excluding carboxylic acids is 1. The number of likely N-dealkylation sites (tertiary alicyclic amines) is 1. The van der Waals surface area contributed by atoms with E-state index in [2.05, 4.69) is 6.92 Å². The fourth-order valence-electron chi connectivity index (χ4n) is 2.38. The van der Waals surface area contributed by atoms with Gasteiger partial charge in [-0.2, -0.15) is 0 Å². The number of aryl methyl sites for hydroxylation is 1. The molecule has 0 saturated carbocycles. The average Bonchev–Trinajstić information content (AvgIpc) is 2.44. The van der Waals surface area contributed by atoms with Crippen molar-refractivity contribution in [3.8, 4) is 5.75 Å². The molecule has 0 radical (unpaired) electrons. The van der Waals surface area contributed by atoms with Crippen LogP contribution in [0.15, 0.2) is 24.3 Å². The first kappa shape index (κ1) is 15.8. The van der Waals surface area contributed by atoms with Crippen LogP contribution in [0.2, 0.25) is 0 Å². The van der Waals surface area contributed by atoms with E-state index < -0.39 is 0 Å². The molecule has 0 N–H and O–H groups in total. The molecule has 4 heteroatoms. The number of ether oxygens (including phenoxy) is 2. The van der Waals surface area contributed by atoms with Crippen molar-refractivity contribution < 1.29 is 14.3 Å². The fraction of sp³-hybridized carbons (Fsp3) is 0.588. The van der Waals surface area contributed by atoms with Crippen molar-refractivity contribution in [3.05, 3.63) is 29.8 Å². The highest BCUT2D eigenvalue weighted by Gasteiger charge is 2.31. The molecular formula is C17H25NO3. The molecule has 0 unspecified atom stereocenters. The lowest BCUT2D eigenvalue weighted by atomic mass is 10.1. The number of nitrogens with zero attached hydrogens (tertiary/aromatic N) is 1. The minimum atomic E-state index is 0.144. The average molecular weight is 291 g/mol. The standard InChI is InChI=1S/C17H25NO3/c1-14-7-9-15(10-8-14)21-16-12-18(13-16)17(19)6-4-3-5-11-20-2/h7-10,16H,3-6,11-13H2,1-2H3. The van der Waals surface area contributed by atoms with E-state index in [9.17, 15) is 4.79 Å². The Kier molecular flexibility index (Phi) is 6.05. The van der Waals surface area contributed by atoms with Gasteiger partial charge in [-0.05, 0) is 31.9 Å². The zero-order valence-electron chi connectivity index (χ0n) is 13.0. The van der Waals surface area contributed by atoms with Gasteiger partial charge in [0.25, 0.3) is 0 Å². The molecule has 1 aromatic rings. The van der Waals surface area contributed by atoms with Crippen LogP contribution >= 0.6 is 0 Å². The van der Waals surface area contributed by atoms with E-state index in [1.165, 1.54) is 5.56 Å². The number of amides is 1. The minimum absolute atomic E-state index is 0.144. The molecule has 1 amide bonds. The van der Waals surface area contributed by atoms with Crippen molar-refractivity contribution in [1.82, 2.24) is 4.90 Å². The summed E-state index contributed by atoms with van der Waals surface area (Å²) in [5.41, 5.74) is 1.22. The number of carbonyl (C=O) groups is 1. The van der Waals surface area contributed by atoms with Crippen LogP contribution in [0.4, 0.5) is 0 Å². The first-order valence-electron chi connectivity index (χ1n) is 7.69. The van der Waals surface area contributed by atoms with Crippen molar-refractivity contribution in [2.24, 2.45) is 0 Å². The van der Waals surface area contributed by atoms with E-state index in [1.807, 2.05) is 29.2 Å². The van der Waals surface area contributed by atoms with Crippen LogP contribution in [0, 0.1) is 6.92 Å². The monoisotopic (exact) mass is 291 g/mol. The van der Waals surface area contributed by atoms with Crippen LogP contribution in [-0.2, 0) is 9.53 Å². The SMILES string of the molecule is COCCCCCC(=O)N1CC(Oc2ccc(C)cc2)C1. The Bertz CT molecular complexity index is 438. The Balaban J connectivity index is 1.60. The Morgan fingerprint density at radius 3 is 2.57 bits per heavy atom. The Morgan fingerprint density at radius 2 is 1.90 bits per heavy atom. The molecule has 1 saturated heterocycles. The zero-order valence-corrected chi connectivity index (χ0v) is 13.0. The van der Waals surface area contributed by atoms with E-state index in [4.69, 9.17) is 9.47 Å². The molecule has 0 bridgehead atoms. The molecule has 4 nitrogen and oxygen atoms in total. The summed E-state index contributed by atoms with van der Waals surface area (Å²) in [5, 5.41) is 0. The van der Waals surface area contributed by atoms with E-state index in [0.29, 0.717) is 19.5 Å². The maximum absolute atomic E-state index is 11.9. The van der Waals surface area contributed by atoms with Crippen LogP contribution in [0.25, 0.3) is 0 Å². The normalized spacial score (nSPS) is 14.9. The minimum Gasteiger partial charge on any atom is -0.487 e. The largest absolute Gasteiger partial charge is 0.487 e. The molecule has 1 fully saturated rings. The van der Waals surface area contributed by atoms with Gasteiger partial charge in [0.05, 0.1) is 13.1 Å². The summed E-state index contributed by atoms with van der Waals surface area (Å²) in [6.07, 6.45) is 3.81. The van der Waals surface area contributed by atoms with Gasteiger partial charge in [-0.25, -0.2) is 0 Å². The third-order valence-corrected chi connectivity index (χ3v) is 3.76. The van der Waals surface area contributed by atoms with Gasteiger partial charge in [0.15, 0.2) is 0 Å². The first-order valence-corrected chi connectivity index (χ1v) is 7.69. The molecule has 0 spiro atoms. The summed E-state index contributed by atoms with van der Waals surface area (Å²) in [6, 6.07) is 8.04. The van der Waals surface area contributed by atoms with Gasteiger partial charge in [0.2, 0.25) is 5.91 Å². The second kappa shape index (κ2) is 8.03. The van der Waals surface area contributed by atoms with Gasteiger partial charge in [-0.15, -0.1) is 0 Å². The lowest BCUT2D eigenvalue weighted by Crippen LogP contribution is -2.56. The Labute approximate surface area is 127 Å². The van der Waals surface area contributed by atoms with E-state index in [1.54, 1.807) is 7.11 Å². The maximum atomic E-state index is 11.9. The second-order valence-corrected chi connectivity index (χ2v) is 5.66. The van der Waals surface area contributed by atoms with Crippen LogP contribution in [-0.4, -0.2) is 43.7 Å². The molecule has 0 aliphatic carbocycles. The fourth-order valence-corrected chi connectivity index (χ4v) is 2.38. The lowest BCUT2D eigenvalue weighted by molar-refractivity contribution is -0.140. The maximum Gasteiger partial charge on any atom is 0.222 e. The van der Waals surface area contributed by atoms with Gasteiger partial charge < -0.3 is 14.4 Å². The highest BCUT2D eigenvalue weighted by molar-refractivity contribution is 5.77. The van der Waals surface area contributed by atoms with Gasteiger partial charge in [-0.3, -0.25) is 4.79 Å². The van der Waals surface area contributed by atoms with Crippen molar-refractivity contribution in [2.75, 3.05) is 26.8 Å². The zero-order chi connectivity index (χ0) is 15.1. The third kappa shape index (κ3) is 5.05. The van der Waals surface area contributed by atoms with Crippen LogP contribution in [0.3, 0.4) is 0 Å². The van der Waals surface area contributed by atoms with Gasteiger partial charge in [0.1, 0.15) is 11.9 Å². The predicted octanol–water partition coefficient (Wildman–Crippen LogP) is 2.79. The highest BCUT2D eigenvalue weighted by Crippen LogP contribution is 2.19. The van der Waals surface area contributed by atoms with Crippen molar-refractivity contribution in [3.63, 3.8) is 0 Å². The molecule has 1 aliphatic heterocycles. The molecule has 116 valence electrons. The predicted molar refractivity (Wildman–Crippen MR) is 82.5 cm³/mol. The summed E-state index contributed by atoms with van der Waals surface area (Å²) in [6.45, 7) is 4.26. The molecule has 2 rings (SSSR count). The molecule has 1 aliphatic rings.